The van der Waals surface area contributed by atoms with Gasteiger partial charge in [-0.2, -0.15) is 0 Å². The summed E-state index contributed by atoms with van der Waals surface area (Å²) in [4.78, 5) is 6.63. The highest BCUT2D eigenvalue weighted by Gasteiger charge is 2.32. The van der Waals surface area contributed by atoms with Gasteiger partial charge in [0, 0.05) is 44.8 Å². The number of benzene rings is 2. The van der Waals surface area contributed by atoms with Crippen molar-refractivity contribution in [2.24, 2.45) is 4.99 Å². The number of halogens is 3. The van der Waals surface area contributed by atoms with Crippen LogP contribution in [-0.4, -0.2) is 43.4 Å². The van der Waals surface area contributed by atoms with Gasteiger partial charge in [0.2, 0.25) is 0 Å². The number of rotatable bonds is 6. The van der Waals surface area contributed by atoms with Gasteiger partial charge in [-0.25, -0.2) is 0 Å². The summed E-state index contributed by atoms with van der Waals surface area (Å²) < 4.78 is 41.8. The number of para-hydroxylation sites is 1. The van der Waals surface area contributed by atoms with E-state index >= 15 is 0 Å². The van der Waals surface area contributed by atoms with Crippen molar-refractivity contribution in [2.45, 2.75) is 38.3 Å². The topological polar surface area (TPSA) is 48.9 Å². The van der Waals surface area contributed by atoms with E-state index < -0.39 is 6.36 Å². The monoisotopic (exact) mass is 420 g/mol. The van der Waals surface area contributed by atoms with Crippen molar-refractivity contribution in [1.29, 1.82) is 0 Å². The van der Waals surface area contributed by atoms with Gasteiger partial charge < -0.3 is 15.4 Å². The van der Waals surface area contributed by atoms with Crippen molar-refractivity contribution in [3.05, 3.63) is 65.7 Å². The van der Waals surface area contributed by atoms with Gasteiger partial charge in [-0.15, -0.1) is 13.2 Å². The van der Waals surface area contributed by atoms with Crippen molar-refractivity contribution >= 4 is 5.96 Å². The third-order valence-electron chi connectivity index (χ3n) is 5.05. The molecule has 0 atom stereocenters. The molecule has 5 nitrogen and oxygen atoms in total. The molecule has 2 N–H and O–H groups in total. The predicted molar refractivity (Wildman–Crippen MR) is 111 cm³/mol. The van der Waals surface area contributed by atoms with Gasteiger partial charge in [0.15, 0.2) is 5.96 Å². The third-order valence-corrected chi connectivity index (χ3v) is 5.05. The minimum Gasteiger partial charge on any atom is -0.405 e. The lowest BCUT2D eigenvalue weighted by molar-refractivity contribution is -0.274. The Labute approximate surface area is 174 Å². The zero-order valence-electron chi connectivity index (χ0n) is 17.0. The first-order valence-electron chi connectivity index (χ1n) is 10.00. The molecule has 1 aliphatic heterocycles. The SMILES string of the molecule is CN=C(NCc1ccccc1OC(F)(F)F)NC1CCN(Cc2ccccc2)CC1. The molecule has 1 aliphatic rings. The smallest absolute Gasteiger partial charge is 0.405 e. The molecule has 1 heterocycles. The first-order chi connectivity index (χ1) is 14.4. The first-order valence-corrected chi connectivity index (χ1v) is 10.00. The van der Waals surface area contributed by atoms with E-state index in [-0.39, 0.29) is 18.3 Å². The number of nitrogens with zero attached hydrogens (tertiary/aromatic N) is 2. The number of hydrogen-bond acceptors (Lipinski definition) is 3. The fourth-order valence-corrected chi connectivity index (χ4v) is 3.52. The maximum Gasteiger partial charge on any atom is 0.573 e. The van der Waals surface area contributed by atoms with E-state index in [2.05, 4.69) is 49.5 Å². The minimum atomic E-state index is -4.72. The van der Waals surface area contributed by atoms with Crippen LogP contribution in [0.15, 0.2) is 59.6 Å². The summed E-state index contributed by atoms with van der Waals surface area (Å²) in [5, 5.41) is 6.47. The summed E-state index contributed by atoms with van der Waals surface area (Å²) in [6.07, 6.45) is -2.77. The van der Waals surface area contributed by atoms with Gasteiger partial charge in [0.25, 0.3) is 0 Å². The van der Waals surface area contributed by atoms with Crippen LogP contribution in [-0.2, 0) is 13.1 Å². The largest absolute Gasteiger partial charge is 0.573 e. The second-order valence-corrected chi connectivity index (χ2v) is 7.26. The summed E-state index contributed by atoms with van der Waals surface area (Å²) in [5.41, 5.74) is 1.72. The Bertz CT molecular complexity index is 819. The van der Waals surface area contributed by atoms with Gasteiger partial charge in [-0.3, -0.25) is 9.89 Å². The Hall–Kier alpha value is -2.74. The average molecular weight is 420 g/mol. The molecular formula is C22H27F3N4O. The average Bonchev–Trinajstić information content (AvgIpc) is 2.73. The molecule has 2 aromatic rings. The van der Waals surface area contributed by atoms with E-state index in [9.17, 15) is 13.2 Å². The van der Waals surface area contributed by atoms with Gasteiger partial charge >= 0.3 is 6.36 Å². The highest BCUT2D eigenvalue weighted by molar-refractivity contribution is 5.80. The van der Waals surface area contributed by atoms with Crippen LogP contribution in [0.3, 0.4) is 0 Å². The highest BCUT2D eigenvalue weighted by atomic mass is 19.4. The molecule has 0 radical (unpaired) electrons. The van der Waals surface area contributed by atoms with Gasteiger partial charge in [0.05, 0.1) is 0 Å². The molecule has 0 bridgehead atoms. The van der Waals surface area contributed by atoms with Gasteiger partial charge in [0.1, 0.15) is 5.75 Å². The van der Waals surface area contributed by atoms with Crippen LogP contribution in [0.25, 0.3) is 0 Å². The Morgan fingerprint density at radius 1 is 1.07 bits per heavy atom. The van der Waals surface area contributed by atoms with Crippen molar-refractivity contribution in [1.82, 2.24) is 15.5 Å². The zero-order chi connectivity index (χ0) is 21.4. The van der Waals surface area contributed by atoms with Crippen molar-refractivity contribution < 1.29 is 17.9 Å². The quantitative estimate of drug-likeness (QED) is 0.550. The molecule has 2 aromatic carbocycles. The van der Waals surface area contributed by atoms with Crippen molar-refractivity contribution in [3.63, 3.8) is 0 Å². The van der Waals surface area contributed by atoms with Crippen LogP contribution in [0.4, 0.5) is 13.2 Å². The first kappa shape index (κ1) is 22.0. The van der Waals surface area contributed by atoms with Crippen LogP contribution in [0.1, 0.15) is 24.0 Å². The molecule has 0 unspecified atom stereocenters. The summed E-state index contributed by atoms with van der Waals surface area (Å²) in [7, 11) is 1.65. The minimum absolute atomic E-state index is 0.179. The molecule has 3 rings (SSSR count). The van der Waals surface area contributed by atoms with Crippen molar-refractivity contribution in [2.75, 3.05) is 20.1 Å². The van der Waals surface area contributed by atoms with Crippen LogP contribution in [0, 0.1) is 0 Å². The van der Waals surface area contributed by atoms with Crippen molar-refractivity contribution in [3.8, 4) is 5.75 Å². The third kappa shape index (κ3) is 6.95. The number of nitrogens with one attached hydrogen (secondary N) is 2. The fraction of sp³-hybridized carbons (Fsp3) is 0.409. The van der Waals surface area contributed by atoms with Gasteiger partial charge in [-0.1, -0.05) is 48.5 Å². The molecule has 0 amide bonds. The molecule has 162 valence electrons. The van der Waals surface area contributed by atoms with Crippen LogP contribution in [0.5, 0.6) is 5.75 Å². The number of likely N-dealkylation sites (tertiary alicyclic amines) is 1. The molecular weight excluding hydrogens is 393 g/mol. The number of hydrogen-bond donors (Lipinski definition) is 2. The Kier molecular flexibility index (Phi) is 7.57. The maximum absolute atomic E-state index is 12.6. The Balaban J connectivity index is 1.47. The number of aliphatic imine (C=N–C) groups is 1. The predicted octanol–water partition coefficient (Wildman–Crippen LogP) is 3.91. The lowest BCUT2D eigenvalue weighted by atomic mass is 10.0. The lowest BCUT2D eigenvalue weighted by Gasteiger charge is -2.33. The molecule has 1 saturated heterocycles. The summed E-state index contributed by atoms with van der Waals surface area (Å²) >= 11 is 0. The number of guanidine groups is 1. The molecule has 0 spiro atoms. The zero-order valence-corrected chi connectivity index (χ0v) is 17.0. The second-order valence-electron chi connectivity index (χ2n) is 7.26. The lowest BCUT2D eigenvalue weighted by Crippen LogP contribution is -2.48. The van der Waals surface area contributed by atoms with Crippen LogP contribution >= 0.6 is 0 Å². The van der Waals surface area contributed by atoms with E-state index in [0.29, 0.717) is 11.5 Å². The van der Waals surface area contributed by atoms with Crippen LogP contribution < -0.4 is 15.4 Å². The molecule has 1 fully saturated rings. The van der Waals surface area contributed by atoms with E-state index in [1.165, 1.54) is 17.7 Å². The van der Waals surface area contributed by atoms with E-state index in [1.54, 1.807) is 19.2 Å². The number of piperidine rings is 1. The molecule has 30 heavy (non-hydrogen) atoms. The number of alkyl halides is 3. The van der Waals surface area contributed by atoms with Crippen LogP contribution in [0.2, 0.25) is 0 Å². The normalized spacial score (nSPS) is 16.3. The van der Waals surface area contributed by atoms with E-state index in [4.69, 9.17) is 0 Å². The number of ether oxygens (including phenoxy) is 1. The molecule has 0 aliphatic carbocycles. The highest BCUT2D eigenvalue weighted by Crippen LogP contribution is 2.26. The van der Waals surface area contributed by atoms with E-state index in [1.807, 2.05) is 6.07 Å². The van der Waals surface area contributed by atoms with Gasteiger partial charge in [-0.05, 0) is 24.5 Å². The summed E-state index contributed by atoms with van der Waals surface area (Å²) in [6.45, 7) is 3.08. The summed E-state index contributed by atoms with van der Waals surface area (Å²) in [5.74, 6) is 0.362. The molecule has 0 saturated carbocycles. The fourth-order valence-electron chi connectivity index (χ4n) is 3.52. The standard InChI is InChI=1S/C22H27F3N4O/c1-26-21(27-15-18-9-5-6-10-20(18)30-22(23,24)25)28-19-11-13-29(14-12-19)16-17-7-3-2-4-8-17/h2-10,19H,11-16H2,1H3,(H2,26,27,28). The molecule has 0 aromatic heterocycles. The Morgan fingerprint density at radius 2 is 1.73 bits per heavy atom. The van der Waals surface area contributed by atoms with E-state index in [0.717, 1.165) is 32.5 Å². The Morgan fingerprint density at radius 3 is 2.40 bits per heavy atom. The maximum atomic E-state index is 12.6. The molecule has 8 heteroatoms. The summed E-state index contributed by atoms with van der Waals surface area (Å²) in [6, 6.07) is 16.8. The second kappa shape index (κ2) is 10.3.